The Balaban J connectivity index is 1.74. The average Bonchev–Trinajstić information content (AvgIpc) is 2.77. The highest BCUT2D eigenvalue weighted by atomic mass is 35.5. The number of benzene rings is 1. The van der Waals surface area contributed by atoms with Crippen LogP contribution in [0.2, 0.25) is 10.0 Å². The van der Waals surface area contributed by atoms with Crippen LogP contribution in [0.5, 0.6) is 0 Å². The molecular formula is C13H15Cl2N. The van der Waals surface area contributed by atoms with E-state index < -0.39 is 0 Å². The maximum absolute atomic E-state index is 5.99. The molecule has 3 unspecified atom stereocenters. The molecule has 86 valence electrons. The van der Waals surface area contributed by atoms with Gasteiger partial charge in [0.25, 0.3) is 0 Å². The summed E-state index contributed by atoms with van der Waals surface area (Å²) in [6.07, 6.45) is 5.54. The number of hydrogen-bond acceptors (Lipinski definition) is 1. The Labute approximate surface area is 106 Å². The summed E-state index contributed by atoms with van der Waals surface area (Å²) in [4.78, 5) is 0. The summed E-state index contributed by atoms with van der Waals surface area (Å²) < 4.78 is 0. The molecule has 2 fully saturated rings. The number of anilines is 1. The molecule has 0 amide bonds. The summed E-state index contributed by atoms with van der Waals surface area (Å²) in [6, 6.07) is 6.32. The van der Waals surface area contributed by atoms with E-state index >= 15 is 0 Å². The molecule has 16 heavy (non-hydrogen) atoms. The Kier molecular flexibility index (Phi) is 2.76. The van der Waals surface area contributed by atoms with Crippen LogP contribution in [-0.2, 0) is 0 Å². The van der Waals surface area contributed by atoms with Gasteiger partial charge >= 0.3 is 0 Å². The predicted octanol–water partition coefficient (Wildman–Crippen LogP) is 4.59. The summed E-state index contributed by atoms with van der Waals surface area (Å²) in [5.41, 5.74) is 1.06. The van der Waals surface area contributed by atoms with E-state index in [-0.39, 0.29) is 0 Å². The number of nitrogens with one attached hydrogen (secondary N) is 1. The lowest BCUT2D eigenvalue weighted by Crippen LogP contribution is -2.25. The van der Waals surface area contributed by atoms with Crippen LogP contribution in [0.15, 0.2) is 18.2 Å². The highest BCUT2D eigenvalue weighted by molar-refractivity contribution is 6.35. The van der Waals surface area contributed by atoms with Crippen molar-refractivity contribution in [3.05, 3.63) is 28.2 Å². The molecule has 1 nitrogen and oxygen atoms in total. The van der Waals surface area contributed by atoms with E-state index in [1.165, 1.54) is 25.7 Å². The minimum absolute atomic E-state index is 0.633. The van der Waals surface area contributed by atoms with E-state index in [4.69, 9.17) is 23.2 Å². The molecule has 1 N–H and O–H groups in total. The maximum Gasteiger partial charge on any atom is 0.0441 e. The molecule has 2 aliphatic rings. The fraction of sp³-hybridized carbons (Fsp3) is 0.538. The highest BCUT2D eigenvalue weighted by Crippen LogP contribution is 2.45. The second kappa shape index (κ2) is 4.12. The van der Waals surface area contributed by atoms with Gasteiger partial charge in [0.1, 0.15) is 0 Å². The van der Waals surface area contributed by atoms with Crippen molar-refractivity contribution in [2.75, 3.05) is 5.32 Å². The van der Waals surface area contributed by atoms with Crippen LogP contribution in [0.25, 0.3) is 0 Å². The predicted molar refractivity (Wildman–Crippen MR) is 69.3 cm³/mol. The van der Waals surface area contributed by atoms with E-state index in [9.17, 15) is 0 Å². The molecule has 3 atom stereocenters. The van der Waals surface area contributed by atoms with E-state index in [1.54, 1.807) is 6.07 Å². The Hall–Kier alpha value is -0.400. The van der Waals surface area contributed by atoms with Crippen molar-refractivity contribution in [1.82, 2.24) is 0 Å². The zero-order valence-corrected chi connectivity index (χ0v) is 10.6. The minimum atomic E-state index is 0.633. The lowest BCUT2D eigenvalue weighted by atomic mass is 9.95. The van der Waals surface area contributed by atoms with Gasteiger partial charge in [0.05, 0.1) is 0 Å². The first-order chi connectivity index (χ1) is 7.70. The summed E-state index contributed by atoms with van der Waals surface area (Å²) in [6.45, 7) is 0. The first kappa shape index (κ1) is 10.7. The lowest BCUT2D eigenvalue weighted by molar-refractivity contribution is 0.440. The van der Waals surface area contributed by atoms with Crippen molar-refractivity contribution in [2.24, 2.45) is 11.8 Å². The van der Waals surface area contributed by atoms with Crippen LogP contribution in [0.1, 0.15) is 25.7 Å². The van der Waals surface area contributed by atoms with Crippen LogP contribution >= 0.6 is 23.2 Å². The first-order valence-corrected chi connectivity index (χ1v) is 6.69. The third-order valence-electron chi connectivity index (χ3n) is 3.95. The van der Waals surface area contributed by atoms with Crippen LogP contribution in [0.4, 0.5) is 5.69 Å². The normalized spacial score (nSPS) is 32.0. The van der Waals surface area contributed by atoms with E-state index in [2.05, 4.69) is 5.32 Å². The molecule has 2 aliphatic carbocycles. The van der Waals surface area contributed by atoms with Gasteiger partial charge in [-0.15, -0.1) is 0 Å². The number of hydrogen-bond donors (Lipinski definition) is 1. The monoisotopic (exact) mass is 255 g/mol. The van der Waals surface area contributed by atoms with Gasteiger partial charge in [-0.25, -0.2) is 0 Å². The third-order valence-corrected chi connectivity index (χ3v) is 4.39. The molecule has 1 aromatic rings. The molecule has 0 spiro atoms. The van der Waals surface area contributed by atoms with Crippen molar-refractivity contribution < 1.29 is 0 Å². The van der Waals surface area contributed by atoms with Gasteiger partial charge in [0.2, 0.25) is 0 Å². The zero-order valence-electron chi connectivity index (χ0n) is 9.05. The molecule has 2 saturated carbocycles. The van der Waals surface area contributed by atoms with Gasteiger partial charge in [0.15, 0.2) is 0 Å². The Morgan fingerprint density at radius 3 is 2.31 bits per heavy atom. The van der Waals surface area contributed by atoms with E-state index in [0.29, 0.717) is 16.1 Å². The quantitative estimate of drug-likeness (QED) is 0.815. The van der Waals surface area contributed by atoms with Crippen LogP contribution in [0.3, 0.4) is 0 Å². The molecule has 0 aliphatic heterocycles. The minimum Gasteiger partial charge on any atom is -0.382 e. The first-order valence-electron chi connectivity index (χ1n) is 5.93. The van der Waals surface area contributed by atoms with Gasteiger partial charge in [-0.1, -0.05) is 29.6 Å². The molecule has 1 aromatic carbocycles. The van der Waals surface area contributed by atoms with Crippen molar-refractivity contribution in [1.29, 1.82) is 0 Å². The summed E-state index contributed by atoms with van der Waals surface area (Å²) in [7, 11) is 0. The summed E-state index contributed by atoms with van der Waals surface area (Å²) in [5, 5.41) is 5.00. The van der Waals surface area contributed by atoms with Crippen molar-refractivity contribution in [3.8, 4) is 0 Å². The SMILES string of the molecule is Clc1cc(Cl)cc(NC2CC3CCC2C3)c1. The van der Waals surface area contributed by atoms with Gasteiger partial charge in [-0.2, -0.15) is 0 Å². The van der Waals surface area contributed by atoms with Gasteiger partial charge in [0, 0.05) is 21.8 Å². The maximum atomic E-state index is 5.99. The van der Waals surface area contributed by atoms with Crippen LogP contribution < -0.4 is 5.32 Å². The summed E-state index contributed by atoms with van der Waals surface area (Å²) >= 11 is 12.0. The Morgan fingerprint density at radius 1 is 1.00 bits per heavy atom. The summed E-state index contributed by atoms with van der Waals surface area (Å²) in [5.74, 6) is 1.82. The van der Waals surface area contributed by atoms with E-state index in [0.717, 1.165) is 17.5 Å². The van der Waals surface area contributed by atoms with Crippen LogP contribution in [0, 0.1) is 11.8 Å². The van der Waals surface area contributed by atoms with Crippen LogP contribution in [-0.4, -0.2) is 6.04 Å². The second-order valence-corrected chi connectivity index (χ2v) is 5.96. The van der Waals surface area contributed by atoms with Gasteiger partial charge in [-0.3, -0.25) is 0 Å². The highest BCUT2D eigenvalue weighted by Gasteiger charge is 2.39. The number of fused-ring (bicyclic) bond motifs is 2. The fourth-order valence-corrected chi connectivity index (χ4v) is 3.80. The van der Waals surface area contributed by atoms with Gasteiger partial charge in [-0.05, 0) is 49.3 Å². The van der Waals surface area contributed by atoms with Crippen molar-refractivity contribution >= 4 is 28.9 Å². The van der Waals surface area contributed by atoms with Crippen molar-refractivity contribution in [3.63, 3.8) is 0 Å². The molecule has 3 heteroatoms. The molecular weight excluding hydrogens is 241 g/mol. The Morgan fingerprint density at radius 2 is 1.75 bits per heavy atom. The standard InChI is InChI=1S/C13H15Cl2N/c14-10-5-11(15)7-12(6-10)16-13-4-8-1-2-9(13)3-8/h5-9,13,16H,1-4H2. The second-order valence-electron chi connectivity index (χ2n) is 5.08. The smallest absolute Gasteiger partial charge is 0.0441 e. The number of halogens is 2. The van der Waals surface area contributed by atoms with Gasteiger partial charge < -0.3 is 5.32 Å². The number of rotatable bonds is 2. The topological polar surface area (TPSA) is 12.0 Å². The third kappa shape index (κ3) is 2.03. The van der Waals surface area contributed by atoms with E-state index in [1.807, 2.05) is 12.1 Å². The molecule has 3 rings (SSSR count). The molecule has 0 aromatic heterocycles. The van der Waals surface area contributed by atoms with Crippen molar-refractivity contribution in [2.45, 2.75) is 31.7 Å². The lowest BCUT2D eigenvalue weighted by Gasteiger charge is -2.24. The fourth-order valence-electron chi connectivity index (χ4n) is 3.27. The molecule has 0 radical (unpaired) electrons. The molecule has 0 heterocycles. The zero-order chi connectivity index (χ0) is 11.1. The Bertz CT molecular complexity index is 385. The molecule has 2 bridgehead atoms. The average molecular weight is 256 g/mol. The largest absolute Gasteiger partial charge is 0.382 e. The molecule has 0 saturated heterocycles.